The fourth-order valence-corrected chi connectivity index (χ4v) is 1.53. The number of hydrogen-bond donors (Lipinski definition) is 2. The van der Waals surface area contributed by atoms with E-state index in [0.29, 0.717) is 5.75 Å². The van der Waals surface area contributed by atoms with E-state index in [1.54, 1.807) is 0 Å². The molecule has 1 atom stereocenters. The summed E-state index contributed by atoms with van der Waals surface area (Å²) < 4.78 is 10.1. The molecular formula is C15H20N2O5. The summed E-state index contributed by atoms with van der Waals surface area (Å²) in [7, 11) is 0. The van der Waals surface area contributed by atoms with E-state index in [9.17, 15) is 14.4 Å². The Kier molecular flexibility index (Phi) is 6.37. The molecular weight excluding hydrogens is 288 g/mol. The number of carbonyl (C=O) groups is 3. The van der Waals surface area contributed by atoms with Crippen LogP contribution >= 0.6 is 0 Å². The fourth-order valence-electron chi connectivity index (χ4n) is 1.53. The van der Waals surface area contributed by atoms with Crippen LogP contribution in [0.3, 0.4) is 0 Å². The standard InChI is InChI=1S/C15H20N2O5/c1-9(2)17-14(19)10(3)22-15(20)11-4-6-12(7-5-11)21-8-13(16)18/h4-7,9-10H,8H2,1-3H3,(H2,16,18)(H,17,19)/t10-/m0/s1. The van der Waals surface area contributed by atoms with Gasteiger partial charge in [0.15, 0.2) is 12.7 Å². The van der Waals surface area contributed by atoms with E-state index < -0.39 is 18.0 Å². The van der Waals surface area contributed by atoms with Gasteiger partial charge in [-0.1, -0.05) is 0 Å². The predicted octanol–water partition coefficient (Wildman–Crippen LogP) is 0.621. The Morgan fingerprint density at radius 1 is 1.14 bits per heavy atom. The summed E-state index contributed by atoms with van der Waals surface area (Å²) in [5.41, 5.74) is 5.23. The van der Waals surface area contributed by atoms with E-state index in [1.165, 1.54) is 31.2 Å². The SMILES string of the molecule is CC(C)NC(=O)[C@H](C)OC(=O)c1ccc(OCC(N)=O)cc1. The van der Waals surface area contributed by atoms with Crippen LogP contribution in [0.4, 0.5) is 0 Å². The number of primary amides is 1. The number of carbonyl (C=O) groups excluding carboxylic acids is 3. The van der Waals surface area contributed by atoms with Crippen LogP contribution in [0.25, 0.3) is 0 Å². The first kappa shape index (κ1) is 17.5. The third kappa shape index (κ3) is 5.82. The van der Waals surface area contributed by atoms with Crippen molar-refractivity contribution in [3.63, 3.8) is 0 Å². The Balaban J connectivity index is 2.58. The van der Waals surface area contributed by atoms with Crippen LogP contribution < -0.4 is 15.8 Å². The van der Waals surface area contributed by atoms with Crippen molar-refractivity contribution in [2.45, 2.75) is 32.9 Å². The molecule has 3 N–H and O–H groups in total. The largest absolute Gasteiger partial charge is 0.484 e. The van der Waals surface area contributed by atoms with Crippen molar-refractivity contribution in [3.05, 3.63) is 29.8 Å². The number of esters is 1. The third-order valence-corrected chi connectivity index (χ3v) is 2.56. The average molecular weight is 308 g/mol. The van der Waals surface area contributed by atoms with Crippen LogP contribution in [0.2, 0.25) is 0 Å². The van der Waals surface area contributed by atoms with Gasteiger partial charge in [0.25, 0.3) is 11.8 Å². The zero-order valence-corrected chi connectivity index (χ0v) is 12.8. The summed E-state index contributed by atoms with van der Waals surface area (Å²) in [6.07, 6.45) is -0.888. The lowest BCUT2D eigenvalue weighted by atomic mass is 10.2. The van der Waals surface area contributed by atoms with E-state index in [0.717, 1.165) is 0 Å². The molecule has 7 heteroatoms. The molecule has 0 radical (unpaired) electrons. The topological polar surface area (TPSA) is 108 Å². The highest BCUT2D eigenvalue weighted by Crippen LogP contribution is 2.13. The molecule has 2 amide bonds. The normalized spacial score (nSPS) is 11.6. The molecule has 120 valence electrons. The van der Waals surface area contributed by atoms with Crippen LogP contribution in [-0.2, 0) is 14.3 Å². The maximum absolute atomic E-state index is 11.9. The van der Waals surface area contributed by atoms with Crippen LogP contribution in [-0.4, -0.2) is 36.5 Å². The van der Waals surface area contributed by atoms with Crippen molar-refractivity contribution >= 4 is 17.8 Å². The first-order valence-corrected chi connectivity index (χ1v) is 6.82. The maximum Gasteiger partial charge on any atom is 0.338 e. The summed E-state index contributed by atoms with van der Waals surface area (Å²) in [6.45, 7) is 4.89. The van der Waals surface area contributed by atoms with Crippen molar-refractivity contribution < 1.29 is 23.9 Å². The molecule has 1 rings (SSSR count). The lowest BCUT2D eigenvalue weighted by Crippen LogP contribution is -2.39. The molecule has 0 saturated carbocycles. The number of hydrogen-bond acceptors (Lipinski definition) is 5. The van der Waals surface area contributed by atoms with Crippen molar-refractivity contribution in [1.29, 1.82) is 0 Å². The number of amides is 2. The highest BCUT2D eigenvalue weighted by atomic mass is 16.5. The van der Waals surface area contributed by atoms with Crippen molar-refractivity contribution in [3.8, 4) is 5.75 Å². The second-order valence-electron chi connectivity index (χ2n) is 4.99. The molecule has 0 spiro atoms. The minimum absolute atomic E-state index is 0.0321. The summed E-state index contributed by atoms with van der Waals surface area (Å²) >= 11 is 0. The predicted molar refractivity (Wildman–Crippen MR) is 79.3 cm³/mol. The Morgan fingerprint density at radius 3 is 2.23 bits per heavy atom. The Morgan fingerprint density at radius 2 is 1.73 bits per heavy atom. The first-order chi connectivity index (χ1) is 10.3. The first-order valence-electron chi connectivity index (χ1n) is 6.82. The number of rotatable bonds is 7. The Bertz CT molecular complexity index is 539. The molecule has 0 fully saturated rings. The van der Waals surface area contributed by atoms with Crippen LogP contribution in [0.1, 0.15) is 31.1 Å². The van der Waals surface area contributed by atoms with Gasteiger partial charge in [-0.25, -0.2) is 4.79 Å². The summed E-state index contributed by atoms with van der Waals surface area (Å²) in [5, 5.41) is 2.66. The zero-order chi connectivity index (χ0) is 16.7. The van der Waals surface area contributed by atoms with E-state index in [-0.39, 0.29) is 24.1 Å². The molecule has 0 aromatic heterocycles. The van der Waals surface area contributed by atoms with E-state index in [2.05, 4.69) is 5.32 Å². The Labute approximate surface area is 128 Å². The highest BCUT2D eigenvalue weighted by Gasteiger charge is 2.19. The minimum atomic E-state index is -0.888. The molecule has 1 aromatic rings. The third-order valence-electron chi connectivity index (χ3n) is 2.56. The molecule has 0 saturated heterocycles. The van der Waals surface area contributed by atoms with Gasteiger partial charge in [0, 0.05) is 6.04 Å². The van der Waals surface area contributed by atoms with E-state index in [4.69, 9.17) is 15.2 Å². The molecule has 0 aliphatic heterocycles. The zero-order valence-electron chi connectivity index (χ0n) is 12.8. The Hall–Kier alpha value is -2.57. The fraction of sp³-hybridized carbons (Fsp3) is 0.400. The molecule has 22 heavy (non-hydrogen) atoms. The summed E-state index contributed by atoms with van der Waals surface area (Å²) in [6, 6.07) is 5.95. The van der Waals surface area contributed by atoms with Gasteiger partial charge in [-0.05, 0) is 45.0 Å². The van der Waals surface area contributed by atoms with Crippen molar-refractivity contribution in [1.82, 2.24) is 5.32 Å². The van der Waals surface area contributed by atoms with Gasteiger partial charge in [-0.3, -0.25) is 9.59 Å². The van der Waals surface area contributed by atoms with Gasteiger partial charge >= 0.3 is 5.97 Å². The minimum Gasteiger partial charge on any atom is -0.484 e. The van der Waals surface area contributed by atoms with Gasteiger partial charge in [-0.15, -0.1) is 0 Å². The van der Waals surface area contributed by atoms with Crippen molar-refractivity contribution in [2.24, 2.45) is 5.73 Å². The monoisotopic (exact) mass is 308 g/mol. The summed E-state index contributed by atoms with van der Waals surface area (Å²) in [5.74, 6) is -1.16. The van der Waals surface area contributed by atoms with Crippen LogP contribution in [0.5, 0.6) is 5.75 Å². The van der Waals surface area contributed by atoms with Gasteiger partial charge in [0.2, 0.25) is 0 Å². The number of ether oxygens (including phenoxy) is 2. The van der Waals surface area contributed by atoms with Gasteiger partial charge in [-0.2, -0.15) is 0 Å². The lowest BCUT2D eigenvalue weighted by molar-refractivity contribution is -0.129. The second-order valence-corrected chi connectivity index (χ2v) is 4.99. The molecule has 0 unspecified atom stereocenters. The van der Waals surface area contributed by atoms with Crippen molar-refractivity contribution in [2.75, 3.05) is 6.61 Å². The molecule has 0 bridgehead atoms. The quantitative estimate of drug-likeness (QED) is 0.718. The molecule has 7 nitrogen and oxygen atoms in total. The smallest absolute Gasteiger partial charge is 0.338 e. The van der Waals surface area contributed by atoms with Crippen LogP contribution in [0, 0.1) is 0 Å². The molecule has 0 aliphatic carbocycles. The molecule has 0 heterocycles. The second kappa shape index (κ2) is 8.02. The van der Waals surface area contributed by atoms with Gasteiger partial charge in [0.05, 0.1) is 5.56 Å². The molecule has 0 aliphatic rings. The van der Waals surface area contributed by atoms with Crippen LogP contribution in [0.15, 0.2) is 24.3 Å². The molecule has 1 aromatic carbocycles. The van der Waals surface area contributed by atoms with E-state index in [1.807, 2.05) is 13.8 Å². The van der Waals surface area contributed by atoms with E-state index >= 15 is 0 Å². The lowest BCUT2D eigenvalue weighted by Gasteiger charge is -2.15. The number of benzene rings is 1. The van der Waals surface area contributed by atoms with Gasteiger partial charge < -0.3 is 20.5 Å². The number of nitrogens with two attached hydrogens (primary N) is 1. The average Bonchev–Trinajstić information content (AvgIpc) is 2.44. The number of nitrogens with one attached hydrogen (secondary N) is 1. The highest BCUT2D eigenvalue weighted by molar-refractivity contribution is 5.92. The van der Waals surface area contributed by atoms with Gasteiger partial charge in [0.1, 0.15) is 5.75 Å². The maximum atomic E-state index is 11.9. The summed E-state index contributed by atoms with van der Waals surface area (Å²) in [4.78, 5) is 34.2.